The van der Waals surface area contributed by atoms with Crippen LogP contribution in [0.3, 0.4) is 0 Å². The van der Waals surface area contributed by atoms with E-state index in [0.29, 0.717) is 5.69 Å². The molecule has 0 spiro atoms. The minimum absolute atomic E-state index is 0.0107. The second-order valence-corrected chi connectivity index (χ2v) is 5.17. The number of aromatic nitrogens is 1. The van der Waals surface area contributed by atoms with E-state index in [2.05, 4.69) is 10.3 Å². The van der Waals surface area contributed by atoms with Gasteiger partial charge in [0.2, 0.25) is 0 Å². The Labute approximate surface area is 111 Å². The number of aromatic carboxylic acids is 1. The van der Waals surface area contributed by atoms with Crippen molar-refractivity contribution in [2.24, 2.45) is 0 Å². The van der Waals surface area contributed by atoms with Crippen LogP contribution in [-0.4, -0.2) is 27.8 Å². The zero-order chi connectivity index (χ0) is 14.6. The fraction of sp³-hybridized carbons (Fsp3) is 0.462. The van der Waals surface area contributed by atoms with Crippen LogP contribution in [0.25, 0.3) is 0 Å². The van der Waals surface area contributed by atoms with Gasteiger partial charge in [-0.15, -0.1) is 0 Å². The smallest absolute Gasteiger partial charge is 0.407 e. The maximum Gasteiger partial charge on any atom is 0.407 e. The molecule has 0 bridgehead atoms. The van der Waals surface area contributed by atoms with Crippen LogP contribution in [0.15, 0.2) is 12.3 Å². The summed E-state index contributed by atoms with van der Waals surface area (Å²) in [5.74, 6) is -1.07. The van der Waals surface area contributed by atoms with Crippen LogP contribution in [-0.2, 0) is 11.3 Å². The number of carbonyl (C=O) groups is 2. The zero-order valence-electron chi connectivity index (χ0n) is 11.5. The highest BCUT2D eigenvalue weighted by molar-refractivity contribution is 5.89. The first kappa shape index (κ1) is 14.9. The summed E-state index contributed by atoms with van der Waals surface area (Å²) < 4.78 is 5.06. The first-order chi connectivity index (χ1) is 8.69. The average Bonchev–Trinajstić information content (AvgIpc) is 2.24. The summed E-state index contributed by atoms with van der Waals surface area (Å²) in [5, 5.41) is 11.5. The summed E-state index contributed by atoms with van der Waals surface area (Å²) in [4.78, 5) is 26.6. The van der Waals surface area contributed by atoms with Crippen molar-refractivity contribution >= 4 is 12.1 Å². The molecule has 1 amide bonds. The summed E-state index contributed by atoms with van der Waals surface area (Å²) >= 11 is 0. The number of carboxylic acid groups (broad SMARTS) is 1. The standard InChI is InChI=1S/C13H18N2O4/c1-8-5-9(11(16)17)10(14-6-8)7-15-12(18)19-13(2,3)4/h5-6H,7H2,1-4H3,(H,15,18)(H,16,17). The minimum Gasteiger partial charge on any atom is -0.478 e. The number of nitrogens with zero attached hydrogens (tertiary/aromatic N) is 1. The Morgan fingerprint density at radius 3 is 2.58 bits per heavy atom. The summed E-state index contributed by atoms with van der Waals surface area (Å²) in [6, 6.07) is 1.52. The van der Waals surface area contributed by atoms with E-state index >= 15 is 0 Å². The van der Waals surface area contributed by atoms with Gasteiger partial charge in [0.25, 0.3) is 0 Å². The van der Waals surface area contributed by atoms with E-state index in [1.54, 1.807) is 33.9 Å². The fourth-order valence-corrected chi connectivity index (χ4v) is 1.39. The molecule has 0 radical (unpaired) electrons. The quantitative estimate of drug-likeness (QED) is 0.874. The van der Waals surface area contributed by atoms with Crippen molar-refractivity contribution in [1.29, 1.82) is 0 Å². The number of hydrogen-bond acceptors (Lipinski definition) is 4. The summed E-state index contributed by atoms with van der Waals surface area (Å²) in [5.41, 5.74) is 0.527. The highest BCUT2D eigenvalue weighted by atomic mass is 16.6. The topological polar surface area (TPSA) is 88.5 Å². The van der Waals surface area contributed by atoms with Gasteiger partial charge >= 0.3 is 12.1 Å². The molecular weight excluding hydrogens is 248 g/mol. The first-order valence-electron chi connectivity index (χ1n) is 5.85. The Hall–Kier alpha value is -2.11. The highest BCUT2D eigenvalue weighted by Crippen LogP contribution is 2.10. The third kappa shape index (κ3) is 4.95. The maximum atomic E-state index is 11.5. The van der Waals surface area contributed by atoms with Crippen molar-refractivity contribution in [3.63, 3.8) is 0 Å². The number of aryl methyl sites for hydroxylation is 1. The van der Waals surface area contributed by atoms with Crippen LogP contribution in [0.2, 0.25) is 0 Å². The van der Waals surface area contributed by atoms with Crippen molar-refractivity contribution in [3.05, 3.63) is 29.1 Å². The number of nitrogens with one attached hydrogen (secondary N) is 1. The molecule has 6 heteroatoms. The summed E-state index contributed by atoms with van der Waals surface area (Å²) in [6.07, 6.45) is 0.949. The minimum atomic E-state index is -1.07. The SMILES string of the molecule is Cc1cnc(CNC(=O)OC(C)(C)C)c(C(=O)O)c1. The van der Waals surface area contributed by atoms with Gasteiger partial charge < -0.3 is 15.2 Å². The van der Waals surface area contributed by atoms with Crippen molar-refractivity contribution < 1.29 is 19.4 Å². The van der Waals surface area contributed by atoms with Gasteiger partial charge in [-0.25, -0.2) is 9.59 Å². The van der Waals surface area contributed by atoms with Gasteiger partial charge in [-0.05, 0) is 39.3 Å². The van der Waals surface area contributed by atoms with Crippen LogP contribution < -0.4 is 5.32 Å². The predicted molar refractivity (Wildman–Crippen MR) is 69.0 cm³/mol. The van der Waals surface area contributed by atoms with Crippen molar-refractivity contribution in [2.75, 3.05) is 0 Å². The Kier molecular flexibility index (Phi) is 4.47. The molecule has 0 aliphatic rings. The zero-order valence-corrected chi connectivity index (χ0v) is 11.5. The molecule has 0 aromatic carbocycles. The number of alkyl carbamates (subject to hydrolysis) is 1. The molecule has 1 aromatic rings. The van der Waals surface area contributed by atoms with Crippen LogP contribution in [0.1, 0.15) is 42.4 Å². The van der Waals surface area contributed by atoms with Gasteiger partial charge in [0.1, 0.15) is 5.60 Å². The Bertz CT molecular complexity index is 492. The van der Waals surface area contributed by atoms with Crippen LogP contribution in [0.5, 0.6) is 0 Å². The molecule has 0 saturated carbocycles. The fourth-order valence-electron chi connectivity index (χ4n) is 1.39. The van der Waals surface area contributed by atoms with E-state index in [9.17, 15) is 9.59 Å². The molecule has 2 N–H and O–H groups in total. The molecule has 0 fully saturated rings. The van der Waals surface area contributed by atoms with Crippen molar-refractivity contribution in [1.82, 2.24) is 10.3 Å². The second-order valence-electron chi connectivity index (χ2n) is 5.17. The van der Waals surface area contributed by atoms with Gasteiger partial charge in [-0.3, -0.25) is 4.98 Å². The average molecular weight is 266 g/mol. The second kappa shape index (κ2) is 5.69. The molecule has 0 saturated heterocycles. The number of hydrogen-bond donors (Lipinski definition) is 2. The molecule has 0 atom stereocenters. The predicted octanol–water partition coefficient (Wildman–Crippen LogP) is 2.11. The van der Waals surface area contributed by atoms with Crippen LogP contribution >= 0.6 is 0 Å². The van der Waals surface area contributed by atoms with E-state index in [1.807, 2.05) is 0 Å². The van der Waals surface area contributed by atoms with Crippen molar-refractivity contribution in [2.45, 2.75) is 39.8 Å². The molecule has 6 nitrogen and oxygen atoms in total. The number of amides is 1. The van der Waals surface area contributed by atoms with E-state index in [1.165, 1.54) is 6.07 Å². The number of carbonyl (C=O) groups excluding carboxylic acids is 1. The lowest BCUT2D eigenvalue weighted by molar-refractivity contribution is 0.0520. The molecule has 1 aromatic heterocycles. The molecule has 104 valence electrons. The van der Waals surface area contributed by atoms with Crippen LogP contribution in [0, 0.1) is 6.92 Å². The molecule has 19 heavy (non-hydrogen) atoms. The van der Waals surface area contributed by atoms with Gasteiger partial charge in [0.05, 0.1) is 17.8 Å². The summed E-state index contributed by atoms with van der Waals surface area (Å²) in [7, 11) is 0. The number of pyridine rings is 1. The van der Waals surface area contributed by atoms with E-state index in [4.69, 9.17) is 9.84 Å². The lowest BCUT2D eigenvalue weighted by Gasteiger charge is -2.19. The Balaban J connectivity index is 2.73. The molecule has 0 aliphatic carbocycles. The van der Waals surface area contributed by atoms with E-state index in [-0.39, 0.29) is 12.1 Å². The third-order valence-electron chi connectivity index (χ3n) is 2.14. The number of rotatable bonds is 3. The lowest BCUT2D eigenvalue weighted by Crippen LogP contribution is -2.32. The number of carboxylic acids is 1. The van der Waals surface area contributed by atoms with Gasteiger partial charge in [0.15, 0.2) is 0 Å². The highest BCUT2D eigenvalue weighted by Gasteiger charge is 2.17. The molecule has 1 rings (SSSR count). The largest absolute Gasteiger partial charge is 0.478 e. The van der Waals surface area contributed by atoms with Crippen LogP contribution in [0.4, 0.5) is 4.79 Å². The summed E-state index contributed by atoms with van der Waals surface area (Å²) in [6.45, 7) is 7.01. The molecular formula is C13H18N2O4. The number of ether oxygens (including phenoxy) is 1. The van der Waals surface area contributed by atoms with E-state index < -0.39 is 17.7 Å². The first-order valence-corrected chi connectivity index (χ1v) is 5.85. The van der Waals surface area contributed by atoms with Crippen molar-refractivity contribution in [3.8, 4) is 0 Å². The molecule has 1 heterocycles. The molecule has 0 aliphatic heterocycles. The normalized spacial score (nSPS) is 10.9. The van der Waals surface area contributed by atoms with E-state index in [0.717, 1.165) is 5.56 Å². The lowest BCUT2D eigenvalue weighted by atomic mass is 10.1. The van der Waals surface area contributed by atoms with Gasteiger partial charge in [-0.1, -0.05) is 0 Å². The molecule has 0 unspecified atom stereocenters. The van der Waals surface area contributed by atoms with Gasteiger partial charge in [-0.2, -0.15) is 0 Å². The van der Waals surface area contributed by atoms with Gasteiger partial charge in [0, 0.05) is 6.20 Å². The Morgan fingerprint density at radius 2 is 2.05 bits per heavy atom. The monoisotopic (exact) mass is 266 g/mol. The Morgan fingerprint density at radius 1 is 1.42 bits per heavy atom. The third-order valence-corrected chi connectivity index (χ3v) is 2.14. The maximum absolute atomic E-state index is 11.5.